The number of carbonyl (C=O) groups is 3. The fourth-order valence-electron chi connectivity index (χ4n) is 2.95. The summed E-state index contributed by atoms with van der Waals surface area (Å²) in [7, 11) is -4.13. The van der Waals surface area contributed by atoms with E-state index in [2.05, 4.69) is 5.32 Å². The molecular weight excluding hydrogens is 368 g/mol. The van der Waals surface area contributed by atoms with Gasteiger partial charge in [0.05, 0.1) is 4.90 Å². The summed E-state index contributed by atoms with van der Waals surface area (Å²) in [6.45, 7) is 1.41. The zero-order chi connectivity index (χ0) is 19.6. The molecule has 0 bridgehead atoms. The molecule has 1 atom stereocenters. The van der Waals surface area contributed by atoms with Crippen LogP contribution in [0.4, 0.5) is 5.69 Å². The smallest absolute Gasteiger partial charge is 0.267 e. The molecule has 2 amide bonds. The highest BCUT2D eigenvalue weighted by Crippen LogP contribution is 2.28. The predicted octanol–water partition coefficient (Wildman–Crippen LogP) is 2.21. The first-order chi connectivity index (χ1) is 12.8. The van der Waals surface area contributed by atoms with Gasteiger partial charge in [0.25, 0.3) is 10.0 Å². The second-order valence-corrected chi connectivity index (χ2v) is 8.00. The SMILES string of the molecule is CC(=O)c1cccc(NC(=O)[C@@H]2CCC(=O)N2S(=O)(=O)c2ccccc2)c1. The Balaban J connectivity index is 1.87. The van der Waals surface area contributed by atoms with Crippen LogP contribution in [0.25, 0.3) is 0 Å². The lowest BCUT2D eigenvalue weighted by molar-refractivity contribution is -0.128. The molecule has 0 aromatic heterocycles. The molecule has 0 spiro atoms. The van der Waals surface area contributed by atoms with Gasteiger partial charge in [-0.05, 0) is 37.6 Å². The van der Waals surface area contributed by atoms with Gasteiger partial charge in [-0.2, -0.15) is 0 Å². The molecular formula is C19H18N2O5S. The van der Waals surface area contributed by atoms with Crippen molar-refractivity contribution in [3.8, 4) is 0 Å². The maximum Gasteiger partial charge on any atom is 0.267 e. The van der Waals surface area contributed by atoms with Crippen molar-refractivity contribution >= 4 is 33.3 Å². The normalized spacial score (nSPS) is 17.0. The third-order valence-electron chi connectivity index (χ3n) is 4.30. The second kappa shape index (κ2) is 7.32. The average molecular weight is 386 g/mol. The Bertz CT molecular complexity index is 1000. The number of nitrogens with one attached hydrogen (secondary N) is 1. The molecule has 0 unspecified atom stereocenters. The second-order valence-electron chi connectivity index (χ2n) is 6.19. The fraction of sp³-hybridized carbons (Fsp3) is 0.211. The minimum atomic E-state index is -4.13. The number of nitrogens with zero attached hydrogens (tertiary/aromatic N) is 1. The van der Waals surface area contributed by atoms with E-state index in [1.165, 1.54) is 25.1 Å². The van der Waals surface area contributed by atoms with E-state index in [-0.39, 0.29) is 23.5 Å². The standard InChI is InChI=1S/C19H18N2O5S/c1-13(22)14-6-5-7-15(12-14)20-19(24)17-10-11-18(23)21(17)27(25,26)16-8-3-2-4-9-16/h2-9,12,17H,10-11H2,1H3,(H,20,24)/t17-/m0/s1. The maximum absolute atomic E-state index is 12.8. The summed E-state index contributed by atoms with van der Waals surface area (Å²) >= 11 is 0. The Morgan fingerprint density at radius 1 is 1.07 bits per heavy atom. The van der Waals surface area contributed by atoms with Gasteiger partial charge in [-0.15, -0.1) is 0 Å². The number of sulfonamides is 1. The quantitative estimate of drug-likeness (QED) is 0.794. The van der Waals surface area contributed by atoms with E-state index in [0.717, 1.165) is 0 Å². The molecule has 1 heterocycles. The van der Waals surface area contributed by atoms with Gasteiger partial charge in [-0.3, -0.25) is 14.4 Å². The van der Waals surface area contributed by atoms with Crippen LogP contribution in [-0.4, -0.2) is 36.4 Å². The zero-order valence-electron chi connectivity index (χ0n) is 14.6. The van der Waals surface area contributed by atoms with E-state index >= 15 is 0 Å². The van der Waals surface area contributed by atoms with E-state index in [1.807, 2.05) is 0 Å². The minimum Gasteiger partial charge on any atom is -0.324 e. The number of Topliss-reactive ketones (excluding diaryl/α,β-unsaturated/α-hetero) is 1. The molecule has 3 rings (SSSR count). The van der Waals surface area contributed by atoms with Crippen molar-refractivity contribution in [1.29, 1.82) is 0 Å². The van der Waals surface area contributed by atoms with Crippen LogP contribution >= 0.6 is 0 Å². The van der Waals surface area contributed by atoms with Crippen LogP contribution in [0, 0.1) is 0 Å². The van der Waals surface area contributed by atoms with E-state index < -0.39 is 27.9 Å². The van der Waals surface area contributed by atoms with Gasteiger partial charge in [-0.25, -0.2) is 12.7 Å². The largest absolute Gasteiger partial charge is 0.324 e. The third kappa shape index (κ3) is 3.75. The molecule has 0 radical (unpaired) electrons. The van der Waals surface area contributed by atoms with Crippen molar-refractivity contribution in [3.05, 3.63) is 60.2 Å². The predicted molar refractivity (Wildman–Crippen MR) is 98.6 cm³/mol. The number of carbonyl (C=O) groups excluding carboxylic acids is 3. The Kier molecular flexibility index (Phi) is 5.09. The average Bonchev–Trinajstić information content (AvgIpc) is 3.05. The summed E-state index contributed by atoms with van der Waals surface area (Å²) < 4.78 is 26.3. The molecule has 27 heavy (non-hydrogen) atoms. The van der Waals surface area contributed by atoms with Crippen molar-refractivity contribution in [2.75, 3.05) is 5.32 Å². The van der Waals surface area contributed by atoms with Gasteiger partial charge in [0.1, 0.15) is 6.04 Å². The summed E-state index contributed by atoms with van der Waals surface area (Å²) in [5.41, 5.74) is 0.785. The van der Waals surface area contributed by atoms with Gasteiger partial charge in [-0.1, -0.05) is 30.3 Å². The first-order valence-corrected chi connectivity index (χ1v) is 9.79. The minimum absolute atomic E-state index is 0.0301. The van der Waals surface area contributed by atoms with E-state index in [0.29, 0.717) is 15.6 Å². The summed E-state index contributed by atoms with van der Waals surface area (Å²) in [4.78, 5) is 36.3. The number of amides is 2. The monoisotopic (exact) mass is 386 g/mol. The number of anilines is 1. The van der Waals surface area contributed by atoms with Crippen molar-refractivity contribution in [1.82, 2.24) is 4.31 Å². The van der Waals surface area contributed by atoms with Gasteiger partial charge in [0, 0.05) is 17.7 Å². The Morgan fingerprint density at radius 2 is 1.78 bits per heavy atom. The van der Waals surface area contributed by atoms with Crippen LogP contribution in [-0.2, 0) is 19.6 Å². The summed E-state index contributed by atoms with van der Waals surface area (Å²) in [5.74, 6) is -1.38. The van der Waals surface area contributed by atoms with Crippen molar-refractivity contribution < 1.29 is 22.8 Å². The highest BCUT2D eigenvalue weighted by atomic mass is 32.2. The number of ketones is 1. The third-order valence-corrected chi connectivity index (χ3v) is 6.14. The number of rotatable bonds is 5. The topological polar surface area (TPSA) is 101 Å². The lowest BCUT2D eigenvalue weighted by atomic mass is 10.1. The number of hydrogen-bond acceptors (Lipinski definition) is 5. The highest BCUT2D eigenvalue weighted by molar-refractivity contribution is 7.89. The molecule has 1 saturated heterocycles. The van der Waals surface area contributed by atoms with E-state index in [9.17, 15) is 22.8 Å². The first kappa shape index (κ1) is 18.8. The van der Waals surface area contributed by atoms with Crippen LogP contribution < -0.4 is 5.32 Å². The molecule has 0 aliphatic carbocycles. The summed E-state index contributed by atoms with van der Waals surface area (Å²) in [6, 6.07) is 12.7. The molecule has 1 aliphatic heterocycles. The molecule has 1 aliphatic rings. The van der Waals surface area contributed by atoms with Crippen molar-refractivity contribution in [2.45, 2.75) is 30.7 Å². The molecule has 8 heteroatoms. The van der Waals surface area contributed by atoms with Gasteiger partial charge in [0.2, 0.25) is 11.8 Å². The van der Waals surface area contributed by atoms with Crippen molar-refractivity contribution in [3.63, 3.8) is 0 Å². The van der Waals surface area contributed by atoms with Crippen LogP contribution in [0.5, 0.6) is 0 Å². The fourth-order valence-corrected chi connectivity index (χ4v) is 4.57. The Labute approximate surface area is 157 Å². The molecule has 7 nitrogen and oxygen atoms in total. The molecule has 140 valence electrons. The first-order valence-electron chi connectivity index (χ1n) is 8.35. The molecule has 2 aromatic rings. The highest BCUT2D eigenvalue weighted by Gasteiger charge is 2.44. The van der Waals surface area contributed by atoms with Crippen LogP contribution in [0.3, 0.4) is 0 Å². The maximum atomic E-state index is 12.8. The molecule has 1 fully saturated rings. The number of benzene rings is 2. The van der Waals surface area contributed by atoms with Crippen LogP contribution in [0.1, 0.15) is 30.1 Å². The van der Waals surface area contributed by atoms with E-state index in [4.69, 9.17) is 0 Å². The van der Waals surface area contributed by atoms with E-state index in [1.54, 1.807) is 36.4 Å². The Hall–Kier alpha value is -3.00. The van der Waals surface area contributed by atoms with Gasteiger partial charge < -0.3 is 5.32 Å². The molecule has 0 saturated carbocycles. The van der Waals surface area contributed by atoms with Gasteiger partial charge in [0.15, 0.2) is 5.78 Å². The lowest BCUT2D eigenvalue weighted by Gasteiger charge is -2.23. The van der Waals surface area contributed by atoms with Crippen LogP contribution in [0.15, 0.2) is 59.5 Å². The van der Waals surface area contributed by atoms with Crippen LogP contribution in [0.2, 0.25) is 0 Å². The molecule has 1 N–H and O–H groups in total. The summed E-state index contributed by atoms with van der Waals surface area (Å²) in [5, 5.41) is 2.60. The lowest BCUT2D eigenvalue weighted by Crippen LogP contribution is -2.45. The zero-order valence-corrected chi connectivity index (χ0v) is 15.4. The Morgan fingerprint density at radius 3 is 2.44 bits per heavy atom. The van der Waals surface area contributed by atoms with Gasteiger partial charge >= 0.3 is 0 Å². The van der Waals surface area contributed by atoms with Crippen molar-refractivity contribution in [2.24, 2.45) is 0 Å². The summed E-state index contributed by atoms with van der Waals surface area (Å²) in [6.07, 6.45) is 0.0702. The molecule has 2 aromatic carbocycles. The number of hydrogen-bond donors (Lipinski definition) is 1.